The quantitative estimate of drug-likeness (QED) is 0.537. The van der Waals surface area contributed by atoms with E-state index in [1.165, 1.54) is 44.5 Å². The van der Waals surface area contributed by atoms with Gasteiger partial charge in [0.05, 0.1) is 13.2 Å². The van der Waals surface area contributed by atoms with E-state index in [1.807, 2.05) is 0 Å². The van der Waals surface area contributed by atoms with Crippen molar-refractivity contribution in [1.82, 2.24) is 9.80 Å². The fraction of sp³-hybridized carbons (Fsp3) is 0.727. The number of aliphatic carboxylic acids is 2. The molecule has 1 aromatic rings. The molecule has 0 bridgehead atoms. The van der Waals surface area contributed by atoms with Gasteiger partial charge in [-0.25, -0.2) is 9.59 Å². The molecule has 1 atom stereocenters. The van der Waals surface area contributed by atoms with Crippen molar-refractivity contribution in [2.24, 2.45) is 5.41 Å². The van der Waals surface area contributed by atoms with Crippen LogP contribution in [0.5, 0.6) is 0 Å². The van der Waals surface area contributed by atoms with Crippen molar-refractivity contribution in [2.45, 2.75) is 44.2 Å². The lowest BCUT2D eigenvalue weighted by Gasteiger charge is -2.35. The van der Waals surface area contributed by atoms with Crippen LogP contribution in [0.3, 0.4) is 0 Å². The smallest absolute Gasteiger partial charge is 0.475 e. The van der Waals surface area contributed by atoms with E-state index in [-0.39, 0.29) is 0 Å². The van der Waals surface area contributed by atoms with Gasteiger partial charge in [0.2, 0.25) is 0 Å². The Balaban J connectivity index is 0.000000286. The van der Waals surface area contributed by atoms with Crippen molar-refractivity contribution in [1.29, 1.82) is 0 Å². The number of halogens is 6. The topological polar surface area (TPSA) is 99.5 Å². The molecule has 8 nitrogen and oxygen atoms in total. The summed E-state index contributed by atoms with van der Waals surface area (Å²) in [6.07, 6.45) is -6.48. The van der Waals surface area contributed by atoms with Gasteiger partial charge >= 0.3 is 24.3 Å². The molecule has 37 heavy (non-hydrogen) atoms. The highest BCUT2D eigenvalue weighted by molar-refractivity contribution is 7.07. The molecule has 4 heterocycles. The summed E-state index contributed by atoms with van der Waals surface area (Å²) < 4.78 is 75.0. The Morgan fingerprint density at radius 3 is 2.08 bits per heavy atom. The largest absolute Gasteiger partial charge is 0.490 e. The highest BCUT2D eigenvalue weighted by Gasteiger charge is 2.43. The molecule has 1 unspecified atom stereocenters. The van der Waals surface area contributed by atoms with Gasteiger partial charge in [-0.2, -0.15) is 37.7 Å². The van der Waals surface area contributed by atoms with Crippen LogP contribution >= 0.6 is 11.3 Å². The first kappa shape index (κ1) is 31.3. The predicted octanol–water partition coefficient (Wildman–Crippen LogP) is 3.72. The van der Waals surface area contributed by atoms with E-state index in [0.29, 0.717) is 5.41 Å². The van der Waals surface area contributed by atoms with Crippen molar-refractivity contribution in [3.8, 4) is 0 Å². The predicted molar refractivity (Wildman–Crippen MR) is 120 cm³/mol. The van der Waals surface area contributed by atoms with Crippen molar-refractivity contribution in [3.63, 3.8) is 0 Å². The third-order valence-electron chi connectivity index (χ3n) is 6.17. The Bertz CT molecular complexity index is 824. The molecule has 1 spiro atoms. The van der Waals surface area contributed by atoms with Gasteiger partial charge in [-0.1, -0.05) is 0 Å². The van der Waals surface area contributed by atoms with E-state index in [2.05, 4.69) is 26.6 Å². The summed E-state index contributed by atoms with van der Waals surface area (Å²) in [5, 5.41) is 18.7. The van der Waals surface area contributed by atoms with E-state index in [4.69, 9.17) is 29.3 Å². The maximum atomic E-state index is 10.6. The number of likely N-dealkylation sites (tertiary alicyclic amines) is 1. The summed E-state index contributed by atoms with van der Waals surface area (Å²) in [6.45, 7) is 9.46. The summed E-state index contributed by atoms with van der Waals surface area (Å²) >= 11 is 1.80. The summed E-state index contributed by atoms with van der Waals surface area (Å²) in [4.78, 5) is 23.1. The van der Waals surface area contributed by atoms with Crippen LogP contribution in [0.1, 0.15) is 24.8 Å². The van der Waals surface area contributed by atoms with Crippen LogP contribution in [0.25, 0.3) is 0 Å². The number of carbonyl (C=O) groups is 2. The highest BCUT2D eigenvalue weighted by atomic mass is 32.1. The van der Waals surface area contributed by atoms with Gasteiger partial charge in [0, 0.05) is 50.8 Å². The number of thiophene rings is 1. The molecule has 0 amide bonds. The van der Waals surface area contributed by atoms with Crippen molar-refractivity contribution in [2.75, 3.05) is 52.6 Å². The third-order valence-corrected chi connectivity index (χ3v) is 6.90. The molecule has 3 aliphatic rings. The first-order chi connectivity index (χ1) is 17.2. The lowest BCUT2D eigenvalue weighted by molar-refractivity contribution is -0.193. The number of rotatable bonds is 3. The molecule has 3 saturated heterocycles. The van der Waals surface area contributed by atoms with Gasteiger partial charge in [0.25, 0.3) is 0 Å². The molecule has 2 N–H and O–H groups in total. The second kappa shape index (κ2) is 13.7. The Labute approximate surface area is 213 Å². The maximum Gasteiger partial charge on any atom is 0.490 e. The summed E-state index contributed by atoms with van der Waals surface area (Å²) in [7, 11) is 0. The molecule has 15 heteroatoms. The minimum atomic E-state index is -5.08. The second-order valence-electron chi connectivity index (χ2n) is 9.06. The first-order valence-electron chi connectivity index (χ1n) is 11.4. The fourth-order valence-electron chi connectivity index (χ4n) is 4.44. The lowest BCUT2D eigenvalue weighted by atomic mass is 9.87. The third kappa shape index (κ3) is 10.8. The molecule has 0 radical (unpaired) electrons. The Morgan fingerprint density at radius 2 is 1.57 bits per heavy atom. The molecule has 0 aromatic carbocycles. The lowest BCUT2D eigenvalue weighted by Crippen LogP contribution is -2.43. The number of hydrogen-bond donors (Lipinski definition) is 2. The van der Waals surface area contributed by atoms with Gasteiger partial charge in [-0.3, -0.25) is 9.80 Å². The number of alkyl halides is 6. The average Bonchev–Trinajstić information content (AvgIpc) is 3.42. The molecular weight excluding hydrogens is 534 g/mol. The van der Waals surface area contributed by atoms with Crippen LogP contribution in [-0.4, -0.2) is 103 Å². The van der Waals surface area contributed by atoms with Crippen molar-refractivity contribution in [3.05, 3.63) is 22.4 Å². The standard InChI is InChI=1S/C18H28N2O2S.2C2HF3O2/c1-7-21-8-2-17(1)20-5-4-18(14-20)13-19(6-9-22-15-18)11-16-3-10-23-12-16;2*3-2(4,5)1(6)7/h3,10,12,17H,1-2,4-9,11,13-15H2;2*(H,6,7). The zero-order valence-electron chi connectivity index (χ0n) is 19.9. The van der Waals surface area contributed by atoms with Crippen LogP contribution in [-0.2, 0) is 25.6 Å². The zero-order chi connectivity index (χ0) is 27.7. The van der Waals surface area contributed by atoms with Crippen molar-refractivity contribution < 1.29 is 55.6 Å². The zero-order valence-corrected chi connectivity index (χ0v) is 20.7. The molecule has 0 saturated carbocycles. The Kier molecular flexibility index (Phi) is 11.6. The molecule has 212 valence electrons. The molecule has 3 aliphatic heterocycles. The minimum absolute atomic E-state index is 0.338. The number of ether oxygens (including phenoxy) is 2. The Morgan fingerprint density at radius 1 is 0.973 bits per heavy atom. The number of carboxylic acids is 2. The maximum absolute atomic E-state index is 10.6. The van der Waals surface area contributed by atoms with Crippen LogP contribution in [0, 0.1) is 5.41 Å². The summed E-state index contributed by atoms with van der Waals surface area (Å²) in [6, 6.07) is 2.99. The van der Waals surface area contributed by atoms with Crippen LogP contribution in [0.2, 0.25) is 0 Å². The van der Waals surface area contributed by atoms with E-state index < -0.39 is 24.3 Å². The minimum Gasteiger partial charge on any atom is -0.475 e. The molecule has 3 fully saturated rings. The highest BCUT2D eigenvalue weighted by Crippen LogP contribution is 2.36. The average molecular weight is 565 g/mol. The van der Waals surface area contributed by atoms with Gasteiger partial charge in [-0.15, -0.1) is 0 Å². The van der Waals surface area contributed by atoms with Gasteiger partial charge in [0.15, 0.2) is 0 Å². The van der Waals surface area contributed by atoms with Crippen LogP contribution < -0.4 is 0 Å². The molecule has 0 aliphatic carbocycles. The van der Waals surface area contributed by atoms with E-state index in [1.54, 1.807) is 11.3 Å². The van der Waals surface area contributed by atoms with Gasteiger partial charge in [-0.05, 0) is 48.2 Å². The van der Waals surface area contributed by atoms with Crippen LogP contribution in [0.4, 0.5) is 26.3 Å². The summed E-state index contributed by atoms with van der Waals surface area (Å²) in [5.41, 5.74) is 1.79. The van der Waals surface area contributed by atoms with Gasteiger partial charge < -0.3 is 19.7 Å². The first-order valence-corrected chi connectivity index (χ1v) is 12.4. The molecule has 1 aromatic heterocycles. The number of hydrogen-bond acceptors (Lipinski definition) is 7. The SMILES string of the molecule is O=C(O)C(F)(F)F.O=C(O)C(F)(F)F.c1cc(CN2CCOCC3(CCN(C4CCOCC4)C3)C2)cs1. The van der Waals surface area contributed by atoms with E-state index >= 15 is 0 Å². The van der Waals surface area contributed by atoms with Crippen molar-refractivity contribution >= 4 is 23.3 Å². The Hall–Kier alpha value is -1.94. The van der Waals surface area contributed by atoms with Crippen LogP contribution in [0.15, 0.2) is 16.8 Å². The fourth-order valence-corrected chi connectivity index (χ4v) is 5.10. The normalized spacial score (nSPS) is 23.9. The summed E-state index contributed by atoms with van der Waals surface area (Å²) in [5.74, 6) is -5.51. The number of carboxylic acid groups (broad SMARTS) is 2. The number of nitrogens with zero attached hydrogens (tertiary/aromatic N) is 2. The van der Waals surface area contributed by atoms with Gasteiger partial charge in [0.1, 0.15) is 0 Å². The van der Waals surface area contributed by atoms with E-state index in [0.717, 1.165) is 45.6 Å². The second-order valence-corrected chi connectivity index (χ2v) is 9.84. The van der Waals surface area contributed by atoms with E-state index in [9.17, 15) is 26.3 Å². The monoisotopic (exact) mass is 564 g/mol. The molecule has 4 rings (SSSR count). The molecular formula is C22H30F6N2O6S.